The molecular formula is C14H13FO2. The Morgan fingerprint density at radius 2 is 1.88 bits per heavy atom. The molecule has 88 valence electrons. The summed E-state index contributed by atoms with van der Waals surface area (Å²) in [6.07, 6.45) is 0. The monoisotopic (exact) mass is 232 g/mol. The molecular weight excluding hydrogens is 219 g/mol. The van der Waals surface area contributed by atoms with Crippen molar-refractivity contribution >= 4 is 0 Å². The summed E-state index contributed by atoms with van der Waals surface area (Å²) < 4.78 is 18.8. The third-order valence-corrected chi connectivity index (χ3v) is 2.43. The van der Waals surface area contributed by atoms with E-state index in [2.05, 4.69) is 0 Å². The zero-order valence-corrected chi connectivity index (χ0v) is 9.27. The molecule has 2 aromatic carbocycles. The van der Waals surface area contributed by atoms with Gasteiger partial charge in [0, 0.05) is 5.56 Å². The van der Waals surface area contributed by atoms with Crippen molar-refractivity contribution in [2.45, 2.75) is 13.2 Å². The van der Waals surface area contributed by atoms with Gasteiger partial charge in [0.1, 0.15) is 18.2 Å². The van der Waals surface area contributed by atoms with Crippen molar-refractivity contribution in [3.63, 3.8) is 0 Å². The number of hydrogen-bond donors (Lipinski definition) is 1. The average molecular weight is 232 g/mol. The minimum Gasteiger partial charge on any atom is -0.489 e. The molecule has 0 aliphatic rings. The molecule has 0 heterocycles. The number of aliphatic hydroxyl groups is 1. The molecule has 3 heteroatoms. The van der Waals surface area contributed by atoms with E-state index in [-0.39, 0.29) is 19.0 Å². The predicted molar refractivity (Wildman–Crippen MR) is 63.1 cm³/mol. The first-order valence-electron chi connectivity index (χ1n) is 5.35. The minimum atomic E-state index is -0.272. The molecule has 0 aromatic heterocycles. The Labute approximate surface area is 99.3 Å². The molecule has 0 aliphatic carbocycles. The van der Waals surface area contributed by atoms with E-state index in [9.17, 15) is 4.39 Å². The van der Waals surface area contributed by atoms with Crippen LogP contribution in [0.2, 0.25) is 0 Å². The van der Waals surface area contributed by atoms with E-state index in [1.165, 1.54) is 6.07 Å². The molecule has 0 bridgehead atoms. The smallest absolute Gasteiger partial charge is 0.129 e. The standard InChI is InChI=1S/C14H13FO2/c15-14-7-2-1-5-12(14)10-17-13-6-3-4-11(8-13)9-16/h1-8,16H,9-10H2. The van der Waals surface area contributed by atoms with E-state index in [1.807, 2.05) is 0 Å². The van der Waals surface area contributed by atoms with Crippen LogP contribution in [0, 0.1) is 5.82 Å². The van der Waals surface area contributed by atoms with Gasteiger partial charge in [-0.3, -0.25) is 0 Å². The average Bonchev–Trinajstić information content (AvgIpc) is 2.38. The van der Waals surface area contributed by atoms with E-state index in [1.54, 1.807) is 42.5 Å². The lowest BCUT2D eigenvalue weighted by molar-refractivity contribution is 0.277. The summed E-state index contributed by atoms with van der Waals surface area (Å²) in [5.74, 6) is 0.352. The molecule has 2 nitrogen and oxygen atoms in total. The van der Waals surface area contributed by atoms with Gasteiger partial charge in [-0.15, -0.1) is 0 Å². The van der Waals surface area contributed by atoms with Gasteiger partial charge in [-0.1, -0.05) is 30.3 Å². The lowest BCUT2D eigenvalue weighted by Crippen LogP contribution is -1.98. The first-order chi connectivity index (χ1) is 8.29. The summed E-state index contributed by atoms with van der Waals surface area (Å²) in [7, 11) is 0. The van der Waals surface area contributed by atoms with Crippen LogP contribution in [0.5, 0.6) is 5.75 Å². The van der Waals surface area contributed by atoms with Crippen molar-refractivity contribution in [3.8, 4) is 5.75 Å². The van der Waals surface area contributed by atoms with Crippen LogP contribution < -0.4 is 4.74 Å². The fourth-order valence-electron chi connectivity index (χ4n) is 1.51. The first kappa shape index (κ1) is 11.6. The summed E-state index contributed by atoms with van der Waals surface area (Å²) in [5, 5.41) is 8.98. The Kier molecular flexibility index (Phi) is 3.73. The van der Waals surface area contributed by atoms with E-state index in [0.717, 1.165) is 5.56 Å². The topological polar surface area (TPSA) is 29.5 Å². The number of hydrogen-bond acceptors (Lipinski definition) is 2. The van der Waals surface area contributed by atoms with Gasteiger partial charge < -0.3 is 9.84 Å². The highest BCUT2D eigenvalue weighted by Crippen LogP contribution is 2.16. The highest BCUT2D eigenvalue weighted by molar-refractivity contribution is 5.28. The largest absolute Gasteiger partial charge is 0.489 e. The van der Waals surface area contributed by atoms with Crippen molar-refractivity contribution in [2.24, 2.45) is 0 Å². The summed E-state index contributed by atoms with van der Waals surface area (Å²) in [6.45, 7) is 0.151. The molecule has 0 fully saturated rings. The summed E-state index contributed by atoms with van der Waals surface area (Å²) in [4.78, 5) is 0. The summed E-state index contributed by atoms with van der Waals surface area (Å²) >= 11 is 0. The maximum Gasteiger partial charge on any atom is 0.129 e. The number of rotatable bonds is 4. The zero-order valence-electron chi connectivity index (χ0n) is 9.27. The Hall–Kier alpha value is -1.87. The highest BCUT2D eigenvalue weighted by Gasteiger charge is 2.02. The second kappa shape index (κ2) is 5.46. The van der Waals surface area contributed by atoms with Crippen LogP contribution in [0.1, 0.15) is 11.1 Å². The molecule has 0 atom stereocenters. The maximum absolute atomic E-state index is 13.3. The third kappa shape index (κ3) is 3.04. The molecule has 0 unspecified atom stereocenters. The van der Waals surface area contributed by atoms with E-state index >= 15 is 0 Å². The first-order valence-corrected chi connectivity index (χ1v) is 5.35. The normalized spacial score (nSPS) is 10.2. The van der Waals surface area contributed by atoms with Gasteiger partial charge in [-0.25, -0.2) is 4.39 Å². The van der Waals surface area contributed by atoms with E-state index in [4.69, 9.17) is 9.84 Å². The lowest BCUT2D eigenvalue weighted by Gasteiger charge is -2.07. The van der Waals surface area contributed by atoms with E-state index in [0.29, 0.717) is 11.3 Å². The minimum absolute atomic E-state index is 0.0309. The Bertz CT molecular complexity index is 497. The van der Waals surface area contributed by atoms with Gasteiger partial charge >= 0.3 is 0 Å². The van der Waals surface area contributed by atoms with E-state index < -0.39 is 0 Å². The van der Waals surface area contributed by atoms with Crippen molar-refractivity contribution in [2.75, 3.05) is 0 Å². The zero-order chi connectivity index (χ0) is 12.1. The van der Waals surface area contributed by atoms with Crippen LogP contribution >= 0.6 is 0 Å². The molecule has 2 rings (SSSR count). The molecule has 1 N–H and O–H groups in total. The lowest BCUT2D eigenvalue weighted by atomic mass is 10.2. The van der Waals surface area contributed by atoms with Crippen molar-refractivity contribution in [1.29, 1.82) is 0 Å². The highest BCUT2D eigenvalue weighted by atomic mass is 19.1. The van der Waals surface area contributed by atoms with Crippen molar-refractivity contribution in [1.82, 2.24) is 0 Å². The SMILES string of the molecule is OCc1cccc(OCc2ccccc2F)c1. The van der Waals surface area contributed by atoms with Gasteiger partial charge in [0.2, 0.25) is 0 Å². The Balaban J connectivity index is 2.05. The number of ether oxygens (including phenoxy) is 1. The van der Waals surface area contributed by atoms with Gasteiger partial charge in [0.25, 0.3) is 0 Å². The fourth-order valence-corrected chi connectivity index (χ4v) is 1.51. The van der Waals surface area contributed by atoms with Crippen molar-refractivity contribution in [3.05, 3.63) is 65.5 Å². The van der Waals surface area contributed by atoms with Gasteiger partial charge in [0.15, 0.2) is 0 Å². The molecule has 0 spiro atoms. The van der Waals surface area contributed by atoms with Gasteiger partial charge in [0.05, 0.1) is 6.61 Å². The van der Waals surface area contributed by atoms with Crippen LogP contribution in [0.3, 0.4) is 0 Å². The summed E-state index contributed by atoms with van der Waals surface area (Å²) in [6, 6.07) is 13.6. The molecule has 0 saturated carbocycles. The van der Waals surface area contributed by atoms with Crippen molar-refractivity contribution < 1.29 is 14.2 Å². The molecule has 17 heavy (non-hydrogen) atoms. The quantitative estimate of drug-likeness (QED) is 0.878. The molecule has 0 aliphatic heterocycles. The van der Waals surface area contributed by atoms with Gasteiger partial charge in [-0.2, -0.15) is 0 Å². The second-order valence-corrected chi connectivity index (χ2v) is 3.69. The number of halogens is 1. The van der Waals surface area contributed by atoms with Crippen LogP contribution in [0.4, 0.5) is 4.39 Å². The van der Waals surface area contributed by atoms with Crippen LogP contribution in [0.25, 0.3) is 0 Å². The van der Waals surface area contributed by atoms with Crippen LogP contribution in [0.15, 0.2) is 48.5 Å². The van der Waals surface area contributed by atoms with Crippen LogP contribution in [-0.4, -0.2) is 5.11 Å². The molecule has 0 radical (unpaired) electrons. The third-order valence-electron chi connectivity index (χ3n) is 2.43. The number of aliphatic hydroxyl groups excluding tert-OH is 1. The number of benzene rings is 2. The Morgan fingerprint density at radius 1 is 1.06 bits per heavy atom. The Morgan fingerprint density at radius 3 is 2.65 bits per heavy atom. The van der Waals surface area contributed by atoms with Crippen LogP contribution in [-0.2, 0) is 13.2 Å². The molecule has 2 aromatic rings. The maximum atomic E-state index is 13.3. The second-order valence-electron chi connectivity index (χ2n) is 3.69. The summed E-state index contributed by atoms with van der Waals surface area (Å²) in [5.41, 5.74) is 1.29. The fraction of sp³-hybridized carbons (Fsp3) is 0.143. The predicted octanol–water partition coefficient (Wildman–Crippen LogP) is 2.90. The molecule has 0 amide bonds. The molecule has 0 saturated heterocycles. The van der Waals surface area contributed by atoms with Gasteiger partial charge in [-0.05, 0) is 23.8 Å².